The molecule has 0 aromatic rings. The molecule has 0 amide bonds. The van der Waals surface area contributed by atoms with Gasteiger partial charge in [-0.3, -0.25) is 38.8 Å². The highest BCUT2D eigenvalue weighted by Crippen LogP contribution is 2.17. The van der Waals surface area contributed by atoms with Crippen molar-refractivity contribution in [2.45, 2.75) is 26.3 Å². The fourth-order valence-electron chi connectivity index (χ4n) is 3.91. The largest absolute Gasteiger partial charge is 0.480 e. The number of hydrogen-bond donors (Lipinski definition) is 4. The van der Waals surface area contributed by atoms with Crippen LogP contribution in [0.1, 0.15) is 20.3 Å². The van der Waals surface area contributed by atoms with Gasteiger partial charge in [-0.25, -0.2) is 0 Å². The molecule has 12 nitrogen and oxygen atoms in total. The Balaban J connectivity index is 3.23. The average Bonchev–Trinajstić information content (AvgIpc) is 2.67. The van der Waals surface area contributed by atoms with Crippen LogP contribution in [-0.2, 0) is 19.2 Å². The van der Waals surface area contributed by atoms with Gasteiger partial charge in [0, 0.05) is 51.9 Å². The maximum atomic E-state index is 11.5. The average molecular weight is 461 g/mol. The molecule has 1 aliphatic rings. The second kappa shape index (κ2) is 14.0. The number of carbonyl (C=O) groups is 4. The predicted molar refractivity (Wildman–Crippen MR) is 115 cm³/mol. The Labute approximate surface area is 188 Å². The summed E-state index contributed by atoms with van der Waals surface area (Å²) in [5, 5.41) is 37.3. The van der Waals surface area contributed by atoms with E-state index in [4.69, 9.17) is 0 Å². The minimum atomic E-state index is -1.02. The third-order valence-electron chi connectivity index (χ3n) is 5.80. The van der Waals surface area contributed by atoms with Crippen LogP contribution in [0.25, 0.3) is 0 Å². The molecule has 0 radical (unpaired) electrons. The molecule has 2 unspecified atom stereocenters. The van der Waals surface area contributed by atoms with Gasteiger partial charge in [0.15, 0.2) is 0 Å². The van der Waals surface area contributed by atoms with E-state index in [1.54, 1.807) is 19.6 Å². The Hall–Kier alpha value is -2.28. The van der Waals surface area contributed by atoms with Crippen molar-refractivity contribution < 1.29 is 39.6 Å². The zero-order chi connectivity index (χ0) is 24.3. The van der Waals surface area contributed by atoms with Crippen molar-refractivity contribution in [3.8, 4) is 0 Å². The van der Waals surface area contributed by atoms with E-state index in [1.165, 1.54) is 0 Å². The third kappa shape index (κ3) is 10.8. The van der Waals surface area contributed by atoms with Gasteiger partial charge in [-0.15, -0.1) is 0 Å². The first kappa shape index (κ1) is 27.8. The zero-order valence-corrected chi connectivity index (χ0v) is 18.9. The monoisotopic (exact) mass is 460 g/mol. The van der Waals surface area contributed by atoms with Crippen LogP contribution in [0, 0.1) is 5.92 Å². The summed E-state index contributed by atoms with van der Waals surface area (Å²) >= 11 is 0. The molecular weight excluding hydrogens is 424 g/mol. The summed E-state index contributed by atoms with van der Waals surface area (Å²) < 4.78 is 0. The highest BCUT2D eigenvalue weighted by Gasteiger charge is 2.29. The molecule has 0 aromatic carbocycles. The van der Waals surface area contributed by atoms with Crippen molar-refractivity contribution in [2.75, 3.05) is 72.0 Å². The molecule has 1 saturated heterocycles. The van der Waals surface area contributed by atoms with Crippen LogP contribution in [0.3, 0.4) is 0 Å². The van der Waals surface area contributed by atoms with Crippen LogP contribution >= 0.6 is 0 Å². The number of aliphatic carboxylic acids is 4. The topological polar surface area (TPSA) is 162 Å². The fourth-order valence-corrected chi connectivity index (χ4v) is 3.91. The van der Waals surface area contributed by atoms with Crippen LogP contribution < -0.4 is 0 Å². The van der Waals surface area contributed by atoms with E-state index in [2.05, 4.69) is 0 Å². The molecule has 32 heavy (non-hydrogen) atoms. The number of hydrogen-bond acceptors (Lipinski definition) is 8. The van der Waals surface area contributed by atoms with Crippen LogP contribution in [0.15, 0.2) is 0 Å². The zero-order valence-electron chi connectivity index (χ0n) is 18.9. The molecular formula is C20H36N4O8. The highest BCUT2D eigenvalue weighted by atomic mass is 16.4. The van der Waals surface area contributed by atoms with Gasteiger partial charge in [0.1, 0.15) is 0 Å². The number of rotatable bonds is 10. The standard InChI is InChI=1S/C20H36N4O8/c1-3-15(2)16-10-23(13-19(29)30)7-6-21(11-17(25)26)4-5-22(12-18(27)28)8-9-24(16)14-20(31)32/h15-16H,3-14H2,1-2H3,(H,25,26)(H,27,28)(H,29,30)(H,31,32). The molecule has 1 fully saturated rings. The van der Waals surface area contributed by atoms with Gasteiger partial charge in [0.2, 0.25) is 0 Å². The van der Waals surface area contributed by atoms with Crippen molar-refractivity contribution in [3.63, 3.8) is 0 Å². The predicted octanol–water partition coefficient (Wildman–Crippen LogP) is -1.04. The van der Waals surface area contributed by atoms with Crippen LogP contribution in [0.4, 0.5) is 0 Å². The first-order valence-electron chi connectivity index (χ1n) is 10.8. The van der Waals surface area contributed by atoms with Gasteiger partial charge in [-0.1, -0.05) is 20.3 Å². The first-order chi connectivity index (χ1) is 15.0. The lowest BCUT2D eigenvalue weighted by molar-refractivity contribution is -0.142. The van der Waals surface area contributed by atoms with Gasteiger partial charge >= 0.3 is 23.9 Å². The molecule has 0 saturated carbocycles. The van der Waals surface area contributed by atoms with Gasteiger partial charge < -0.3 is 20.4 Å². The van der Waals surface area contributed by atoms with Crippen LogP contribution in [0.2, 0.25) is 0 Å². The molecule has 2 atom stereocenters. The Morgan fingerprint density at radius 1 is 0.688 bits per heavy atom. The smallest absolute Gasteiger partial charge is 0.317 e. The van der Waals surface area contributed by atoms with Crippen LogP contribution in [0.5, 0.6) is 0 Å². The second-order valence-electron chi connectivity index (χ2n) is 8.29. The van der Waals surface area contributed by atoms with E-state index in [-0.39, 0.29) is 38.1 Å². The van der Waals surface area contributed by atoms with Gasteiger partial charge in [-0.05, 0) is 5.92 Å². The lowest BCUT2D eigenvalue weighted by Crippen LogP contribution is -2.54. The summed E-state index contributed by atoms with van der Waals surface area (Å²) in [5.41, 5.74) is 0. The number of nitrogens with zero attached hydrogens (tertiary/aromatic N) is 4. The summed E-state index contributed by atoms with van der Waals surface area (Å²) in [6.45, 7) is 5.13. The minimum Gasteiger partial charge on any atom is -0.480 e. The molecule has 0 spiro atoms. The van der Waals surface area contributed by atoms with Crippen LogP contribution in [-0.4, -0.2) is 142 Å². The molecule has 184 valence electrons. The van der Waals surface area contributed by atoms with Gasteiger partial charge in [-0.2, -0.15) is 0 Å². The van der Waals surface area contributed by atoms with Crippen molar-refractivity contribution in [3.05, 3.63) is 0 Å². The maximum Gasteiger partial charge on any atom is 0.317 e. The lowest BCUT2D eigenvalue weighted by atomic mass is 9.96. The summed E-state index contributed by atoms with van der Waals surface area (Å²) in [7, 11) is 0. The lowest BCUT2D eigenvalue weighted by Gasteiger charge is -2.40. The molecule has 4 N–H and O–H groups in total. The van der Waals surface area contributed by atoms with Crippen molar-refractivity contribution in [2.24, 2.45) is 5.92 Å². The van der Waals surface area contributed by atoms with E-state index < -0.39 is 23.9 Å². The minimum absolute atomic E-state index is 0.0663. The second-order valence-corrected chi connectivity index (χ2v) is 8.29. The number of carboxylic acids is 4. The fraction of sp³-hybridized carbons (Fsp3) is 0.800. The van der Waals surface area contributed by atoms with E-state index in [0.717, 1.165) is 6.42 Å². The molecule has 0 aliphatic carbocycles. The maximum absolute atomic E-state index is 11.5. The molecule has 0 aromatic heterocycles. The summed E-state index contributed by atoms with van der Waals surface area (Å²) in [6, 6.07) is -0.255. The van der Waals surface area contributed by atoms with Gasteiger partial charge in [0.05, 0.1) is 26.2 Å². The van der Waals surface area contributed by atoms with Crippen molar-refractivity contribution >= 4 is 23.9 Å². The number of carboxylic acid groups (broad SMARTS) is 4. The first-order valence-corrected chi connectivity index (χ1v) is 10.8. The van der Waals surface area contributed by atoms with Crippen molar-refractivity contribution in [1.82, 2.24) is 19.6 Å². The Kier molecular flexibility index (Phi) is 12.1. The molecule has 1 aliphatic heterocycles. The van der Waals surface area contributed by atoms with E-state index in [0.29, 0.717) is 45.8 Å². The highest BCUT2D eigenvalue weighted by molar-refractivity contribution is 5.70. The third-order valence-corrected chi connectivity index (χ3v) is 5.80. The van der Waals surface area contributed by atoms with E-state index >= 15 is 0 Å². The summed E-state index contributed by atoms with van der Waals surface area (Å²) in [6.07, 6.45) is 0.756. The van der Waals surface area contributed by atoms with Gasteiger partial charge in [0.25, 0.3) is 0 Å². The Morgan fingerprint density at radius 2 is 1.06 bits per heavy atom. The van der Waals surface area contributed by atoms with E-state index in [1.807, 2.05) is 13.8 Å². The summed E-state index contributed by atoms with van der Waals surface area (Å²) in [4.78, 5) is 52.4. The quantitative estimate of drug-likeness (QED) is 0.314. The Morgan fingerprint density at radius 3 is 1.47 bits per heavy atom. The molecule has 1 rings (SSSR count). The Bertz CT molecular complexity index is 647. The normalized spacial score (nSPS) is 21.9. The summed E-state index contributed by atoms with van der Waals surface area (Å²) in [5.74, 6) is -3.99. The molecule has 0 bridgehead atoms. The SMILES string of the molecule is CCC(C)C1CN(CC(=O)O)CCN(CC(=O)O)CCN(CC(=O)O)CCN1CC(=O)O. The molecule has 12 heteroatoms. The van der Waals surface area contributed by atoms with Crippen molar-refractivity contribution in [1.29, 1.82) is 0 Å². The molecule has 1 heterocycles. The van der Waals surface area contributed by atoms with E-state index in [9.17, 15) is 39.6 Å².